The summed E-state index contributed by atoms with van der Waals surface area (Å²) in [5.74, 6) is 0. The molecule has 0 amide bonds. The molecule has 0 spiro atoms. The predicted molar refractivity (Wildman–Crippen MR) is 20.1 cm³/mol. The summed E-state index contributed by atoms with van der Waals surface area (Å²) in [7, 11) is 0. The van der Waals surface area contributed by atoms with Gasteiger partial charge in [0.15, 0.2) is 0 Å². The van der Waals surface area contributed by atoms with Gasteiger partial charge in [-0.05, 0) is 12.8 Å². The van der Waals surface area contributed by atoms with Gasteiger partial charge in [-0.3, -0.25) is 0 Å². The Morgan fingerprint density at radius 2 is 2.60 bits per heavy atom. The summed E-state index contributed by atoms with van der Waals surface area (Å²) >= 11 is 0. The highest BCUT2D eigenvalue weighted by molar-refractivity contribution is 4.43. The largest absolute Gasteiger partial charge is 0.381 e. The lowest BCUT2D eigenvalue weighted by Gasteiger charge is -1.76. The van der Waals surface area contributed by atoms with Crippen LogP contribution in [0.1, 0.15) is 14.2 Å². The Kier molecular flexibility index (Phi) is 0.618. The van der Waals surface area contributed by atoms with Crippen LogP contribution in [-0.2, 0) is 4.74 Å². The van der Waals surface area contributed by atoms with Crippen LogP contribution in [0, 0.1) is 0 Å². The van der Waals surface area contributed by atoms with E-state index in [1.165, 1.54) is 0 Å². The zero-order valence-electron chi connectivity index (χ0n) is 4.11. The van der Waals surface area contributed by atoms with E-state index in [0.29, 0.717) is 0 Å². The lowest BCUT2D eigenvalue weighted by molar-refractivity contribution is 0.198. The number of rotatable bonds is 0. The fourth-order valence-corrected chi connectivity index (χ4v) is 0.417. The van der Waals surface area contributed by atoms with Gasteiger partial charge in [-0.15, -0.1) is 0 Å². The van der Waals surface area contributed by atoms with E-state index in [1.807, 2.05) is 0 Å². The fourth-order valence-electron chi connectivity index (χ4n) is 0.417. The molecule has 0 saturated carbocycles. The normalized spacial score (nSPS) is 41.6. The van der Waals surface area contributed by atoms with Gasteiger partial charge in [-0.25, -0.2) is 0 Å². The van der Waals surface area contributed by atoms with E-state index in [1.54, 1.807) is 0 Å². The Labute approximate surface area is 33.3 Å². The lowest BCUT2D eigenvalue weighted by atomic mass is 10.4. The van der Waals surface area contributed by atoms with E-state index in [4.69, 9.17) is 6.11 Å². The van der Waals surface area contributed by atoms with Crippen LogP contribution in [0.15, 0.2) is 0 Å². The van der Waals surface area contributed by atoms with Crippen molar-refractivity contribution in [3.63, 3.8) is 0 Å². The summed E-state index contributed by atoms with van der Waals surface area (Å²) in [5.41, 5.74) is 0. The molecule has 1 atom stereocenters. The van der Waals surface area contributed by atoms with Crippen molar-refractivity contribution in [2.24, 2.45) is 0 Å². The van der Waals surface area contributed by atoms with Gasteiger partial charge in [-0.1, -0.05) is 0 Å². The van der Waals surface area contributed by atoms with Crippen molar-refractivity contribution in [3.05, 3.63) is 0 Å². The Bertz CT molecular complexity index is 40.8. The average molecular weight is 74.1 g/mol. The molecule has 0 aromatic heterocycles. The molecule has 0 aromatic carbocycles. The second-order valence-electron chi connectivity index (χ2n) is 1.18. The third-order valence-corrected chi connectivity index (χ3v) is 0.702. The smallest absolute Gasteiger partial charge is 0.0567 e. The van der Waals surface area contributed by atoms with E-state index >= 15 is 0 Å². The molecule has 1 heteroatoms. The quantitative estimate of drug-likeness (QED) is 0.413. The molecular weight excluding hydrogens is 64.0 g/mol. The van der Waals surface area contributed by atoms with Crippen LogP contribution in [-0.4, -0.2) is 13.2 Å². The maximum absolute atomic E-state index is 6.91. The first kappa shape index (κ1) is 2.19. The third-order valence-electron chi connectivity index (χ3n) is 0.702. The van der Waals surface area contributed by atoms with E-state index in [0.717, 1.165) is 19.4 Å². The Morgan fingerprint density at radius 3 is 2.80 bits per heavy atom. The molecule has 0 bridgehead atoms. The minimum atomic E-state index is -0.204. The molecule has 1 unspecified atom stereocenters. The zero-order valence-corrected chi connectivity index (χ0v) is 3.11. The molecule has 5 heavy (non-hydrogen) atoms. The second kappa shape index (κ2) is 1.41. The SMILES string of the molecule is [3H]C1CCCO1. The molecule has 0 aromatic rings. The molecule has 1 nitrogen and oxygen atoms in total. The highest BCUT2D eigenvalue weighted by Crippen LogP contribution is 1.98. The number of ether oxygens (including phenoxy) is 1. The van der Waals surface area contributed by atoms with Gasteiger partial charge in [0.2, 0.25) is 0 Å². The summed E-state index contributed by atoms with van der Waals surface area (Å²) in [6.45, 7) is 0.596. The predicted octanol–water partition coefficient (Wildman–Crippen LogP) is 0.797. The third kappa shape index (κ3) is 0.618. The second-order valence-corrected chi connectivity index (χ2v) is 1.18. The molecule has 1 fully saturated rings. The van der Waals surface area contributed by atoms with E-state index in [-0.39, 0.29) is 6.58 Å². The molecule has 0 N–H and O–H groups in total. The van der Waals surface area contributed by atoms with Crippen LogP contribution in [0.4, 0.5) is 0 Å². The molecule has 1 rings (SSSR count). The average Bonchev–Trinajstić information content (AvgIpc) is 1.86. The van der Waals surface area contributed by atoms with Gasteiger partial charge >= 0.3 is 0 Å². The van der Waals surface area contributed by atoms with Crippen molar-refractivity contribution in [2.75, 3.05) is 13.2 Å². The molecule has 0 radical (unpaired) electrons. The van der Waals surface area contributed by atoms with Gasteiger partial charge in [-0.2, -0.15) is 0 Å². The number of hydrogen-bond acceptors (Lipinski definition) is 1. The molecular formula is C4H8O. The molecule has 1 aliphatic heterocycles. The van der Waals surface area contributed by atoms with Crippen LogP contribution in [0.3, 0.4) is 0 Å². The van der Waals surface area contributed by atoms with Crippen molar-refractivity contribution in [1.29, 1.82) is 0 Å². The van der Waals surface area contributed by atoms with Crippen molar-refractivity contribution in [2.45, 2.75) is 12.8 Å². The van der Waals surface area contributed by atoms with Crippen molar-refractivity contribution < 1.29 is 6.11 Å². The molecule has 30 valence electrons. The van der Waals surface area contributed by atoms with Crippen molar-refractivity contribution in [1.82, 2.24) is 0 Å². The van der Waals surface area contributed by atoms with Crippen molar-refractivity contribution in [3.8, 4) is 0 Å². The Morgan fingerprint density at radius 1 is 1.60 bits per heavy atom. The fraction of sp³-hybridized carbons (Fsp3) is 1.00. The highest BCUT2D eigenvalue weighted by Gasteiger charge is 1.94. The molecule has 1 heterocycles. The van der Waals surface area contributed by atoms with Gasteiger partial charge in [0.1, 0.15) is 0 Å². The molecule has 0 aliphatic carbocycles. The summed E-state index contributed by atoms with van der Waals surface area (Å²) in [6, 6.07) is 0. The van der Waals surface area contributed by atoms with Gasteiger partial charge in [0, 0.05) is 13.2 Å². The van der Waals surface area contributed by atoms with E-state index < -0.39 is 0 Å². The minimum absolute atomic E-state index is 0.204. The van der Waals surface area contributed by atoms with Crippen molar-refractivity contribution >= 4 is 0 Å². The first-order valence-corrected chi connectivity index (χ1v) is 1.93. The first-order valence-electron chi connectivity index (χ1n) is 2.51. The summed E-state index contributed by atoms with van der Waals surface area (Å²) in [5, 5.41) is 0. The minimum Gasteiger partial charge on any atom is -0.381 e. The molecule has 1 saturated heterocycles. The summed E-state index contributed by atoms with van der Waals surface area (Å²) in [4.78, 5) is 0. The summed E-state index contributed by atoms with van der Waals surface area (Å²) in [6.07, 6.45) is 2.01. The van der Waals surface area contributed by atoms with Crippen LogP contribution in [0.5, 0.6) is 0 Å². The van der Waals surface area contributed by atoms with Gasteiger partial charge in [0.05, 0.1) is 1.37 Å². The van der Waals surface area contributed by atoms with E-state index in [9.17, 15) is 0 Å². The van der Waals surface area contributed by atoms with Gasteiger partial charge in [0.25, 0.3) is 0 Å². The highest BCUT2D eigenvalue weighted by atomic mass is 16.5. The van der Waals surface area contributed by atoms with Crippen LogP contribution >= 0.6 is 0 Å². The van der Waals surface area contributed by atoms with Crippen LogP contribution < -0.4 is 0 Å². The first-order chi connectivity index (χ1) is 2.89. The Balaban J connectivity index is 2.18. The molecule has 1 aliphatic rings. The maximum atomic E-state index is 6.91. The van der Waals surface area contributed by atoms with Crippen LogP contribution in [0.25, 0.3) is 0 Å². The standard InChI is InChI=1S/C4H8O/c1-2-4-5-3-1/h1-4H2/i3T. The Hall–Kier alpha value is -0.0400. The van der Waals surface area contributed by atoms with Crippen LogP contribution in [0.2, 0.25) is 0 Å². The van der Waals surface area contributed by atoms with Gasteiger partial charge < -0.3 is 4.74 Å². The zero-order chi connectivity index (χ0) is 4.41. The summed E-state index contributed by atoms with van der Waals surface area (Å²) < 4.78 is 11.7. The van der Waals surface area contributed by atoms with E-state index in [2.05, 4.69) is 0 Å². The number of hydrogen-bond donors (Lipinski definition) is 0. The topological polar surface area (TPSA) is 9.23 Å². The monoisotopic (exact) mass is 74.1 g/mol. The lowest BCUT2D eigenvalue weighted by Crippen LogP contribution is -1.74. The maximum Gasteiger partial charge on any atom is 0.0567 e.